The number of rotatable bonds is 1. The van der Waals surface area contributed by atoms with Crippen LogP contribution in [0.2, 0.25) is 10.0 Å². The normalized spacial score (nSPS) is 13.2. The molecule has 3 rings (SSSR count). The summed E-state index contributed by atoms with van der Waals surface area (Å²) in [5, 5.41) is 11.0. The Morgan fingerprint density at radius 1 is 1.09 bits per heavy atom. The van der Waals surface area contributed by atoms with Crippen LogP contribution in [0.15, 0.2) is 26.7 Å². The van der Waals surface area contributed by atoms with Crippen molar-refractivity contribution in [3.05, 3.63) is 59.2 Å². The SMILES string of the molecule is Cn1c(O)c(C2=c3cc(Cl)cc(Cl)c3=NC2=O)c(=O)n(C)c1=O. The van der Waals surface area contributed by atoms with Gasteiger partial charge in [-0.1, -0.05) is 23.2 Å². The van der Waals surface area contributed by atoms with Crippen LogP contribution in [-0.2, 0) is 18.9 Å². The fraction of sp³-hybridized carbons (Fsp3) is 0.143. The van der Waals surface area contributed by atoms with Crippen LogP contribution in [0, 0.1) is 0 Å². The van der Waals surface area contributed by atoms with E-state index in [0.29, 0.717) is 0 Å². The first-order valence-corrected chi connectivity index (χ1v) is 7.11. The number of carbonyl (C=O) groups excluding carboxylic acids is 1. The Morgan fingerprint density at radius 2 is 1.74 bits per heavy atom. The quantitative estimate of drug-likeness (QED) is 0.744. The monoisotopic (exact) mass is 353 g/mol. The molecular weight excluding hydrogens is 345 g/mol. The predicted octanol–water partition coefficient (Wildman–Crippen LogP) is -0.545. The molecule has 0 bridgehead atoms. The number of aromatic nitrogens is 2. The molecule has 0 atom stereocenters. The molecule has 1 aliphatic rings. The highest BCUT2D eigenvalue weighted by Gasteiger charge is 2.28. The molecule has 1 aromatic carbocycles. The highest BCUT2D eigenvalue weighted by molar-refractivity contribution is 6.35. The van der Waals surface area contributed by atoms with Gasteiger partial charge in [-0.3, -0.25) is 18.7 Å². The Kier molecular flexibility index (Phi) is 3.42. The molecule has 118 valence electrons. The summed E-state index contributed by atoms with van der Waals surface area (Å²) in [5.74, 6) is -1.36. The summed E-state index contributed by atoms with van der Waals surface area (Å²) in [6.45, 7) is 0. The van der Waals surface area contributed by atoms with Crippen molar-refractivity contribution in [3.63, 3.8) is 0 Å². The summed E-state index contributed by atoms with van der Waals surface area (Å²) in [4.78, 5) is 40.3. The van der Waals surface area contributed by atoms with Crippen LogP contribution in [0.5, 0.6) is 5.88 Å². The van der Waals surface area contributed by atoms with E-state index in [9.17, 15) is 19.5 Å². The largest absolute Gasteiger partial charge is 0.494 e. The Bertz CT molecular complexity index is 1130. The molecule has 1 aromatic heterocycles. The van der Waals surface area contributed by atoms with Crippen molar-refractivity contribution in [2.45, 2.75) is 0 Å². The van der Waals surface area contributed by atoms with Crippen molar-refractivity contribution in [1.29, 1.82) is 0 Å². The third kappa shape index (κ3) is 2.12. The van der Waals surface area contributed by atoms with Crippen LogP contribution < -0.4 is 21.8 Å². The van der Waals surface area contributed by atoms with Crippen molar-refractivity contribution in [2.24, 2.45) is 19.1 Å². The van der Waals surface area contributed by atoms with Crippen LogP contribution in [0.25, 0.3) is 5.57 Å². The molecule has 9 heteroatoms. The third-order valence-electron chi connectivity index (χ3n) is 3.61. The minimum absolute atomic E-state index is 0.141. The highest BCUT2D eigenvalue weighted by atomic mass is 35.5. The summed E-state index contributed by atoms with van der Waals surface area (Å²) < 4.78 is 1.65. The second kappa shape index (κ2) is 5.07. The second-order valence-electron chi connectivity index (χ2n) is 4.98. The molecule has 0 spiro atoms. The molecule has 0 radical (unpaired) electrons. The standard InChI is InChI=1S/C14H9Cl2N3O4/c1-18-12(21)9(13(22)19(2)14(18)23)8-6-3-5(15)4-7(16)10(6)17-11(8)20/h3-4,21H,1-2H3. The van der Waals surface area contributed by atoms with Gasteiger partial charge in [0.2, 0.25) is 5.88 Å². The molecule has 0 saturated carbocycles. The van der Waals surface area contributed by atoms with E-state index in [1.165, 1.54) is 26.2 Å². The summed E-state index contributed by atoms with van der Waals surface area (Å²) in [5.41, 5.74) is -1.99. The number of fused-ring (bicyclic) bond motifs is 1. The van der Waals surface area contributed by atoms with Gasteiger partial charge in [-0.2, -0.15) is 0 Å². The molecular formula is C14H9Cl2N3O4. The second-order valence-corrected chi connectivity index (χ2v) is 5.82. The average molecular weight is 354 g/mol. The van der Waals surface area contributed by atoms with Crippen LogP contribution >= 0.6 is 23.2 Å². The molecule has 2 heterocycles. The molecule has 1 amide bonds. The first-order valence-electron chi connectivity index (χ1n) is 6.35. The van der Waals surface area contributed by atoms with E-state index in [0.717, 1.165) is 9.13 Å². The van der Waals surface area contributed by atoms with Gasteiger partial charge in [0.05, 0.1) is 16.0 Å². The molecule has 1 N–H and O–H groups in total. The fourth-order valence-corrected chi connectivity index (χ4v) is 2.97. The minimum Gasteiger partial charge on any atom is -0.494 e. The van der Waals surface area contributed by atoms with Gasteiger partial charge in [0.25, 0.3) is 11.5 Å². The minimum atomic E-state index is -0.812. The third-order valence-corrected chi connectivity index (χ3v) is 4.11. The lowest BCUT2D eigenvalue weighted by atomic mass is 10.1. The van der Waals surface area contributed by atoms with E-state index in [2.05, 4.69) is 4.99 Å². The Morgan fingerprint density at radius 3 is 2.39 bits per heavy atom. The van der Waals surface area contributed by atoms with Gasteiger partial charge in [0.15, 0.2) is 0 Å². The zero-order chi connectivity index (χ0) is 17.0. The lowest BCUT2D eigenvalue weighted by Crippen LogP contribution is -2.39. The van der Waals surface area contributed by atoms with E-state index < -0.39 is 23.0 Å². The first-order chi connectivity index (χ1) is 10.7. The number of carbonyl (C=O) groups is 1. The van der Waals surface area contributed by atoms with Gasteiger partial charge in [0, 0.05) is 24.3 Å². The van der Waals surface area contributed by atoms with Crippen LogP contribution in [0.4, 0.5) is 0 Å². The van der Waals surface area contributed by atoms with Crippen molar-refractivity contribution in [1.82, 2.24) is 9.13 Å². The van der Waals surface area contributed by atoms with Gasteiger partial charge in [-0.25, -0.2) is 9.79 Å². The molecule has 7 nitrogen and oxygen atoms in total. The fourth-order valence-electron chi connectivity index (χ4n) is 2.44. The van der Waals surface area contributed by atoms with E-state index >= 15 is 0 Å². The highest BCUT2D eigenvalue weighted by Crippen LogP contribution is 2.21. The lowest BCUT2D eigenvalue weighted by molar-refractivity contribution is -0.112. The number of benzene rings is 1. The van der Waals surface area contributed by atoms with Crippen molar-refractivity contribution in [2.75, 3.05) is 0 Å². The maximum Gasteiger partial charge on any atom is 0.333 e. The Balaban J connectivity index is 2.59. The van der Waals surface area contributed by atoms with Crippen LogP contribution in [0.3, 0.4) is 0 Å². The zero-order valence-electron chi connectivity index (χ0n) is 11.9. The van der Waals surface area contributed by atoms with Gasteiger partial charge < -0.3 is 5.11 Å². The Labute approximate surface area is 138 Å². The topological polar surface area (TPSA) is 93.7 Å². The smallest absolute Gasteiger partial charge is 0.333 e. The summed E-state index contributed by atoms with van der Waals surface area (Å²) in [6, 6.07) is 2.84. The number of nitrogens with zero attached hydrogens (tertiary/aromatic N) is 3. The molecule has 0 aliphatic carbocycles. The van der Waals surface area contributed by atoms with Crippen molar-refractivity contribution in [3.8, 4) is 5.88 Å². The van der Waals surface area contributed by atoms with E-state index in [4.69, 9.17) is 23.2 Å². The van der Waals surface area contributed by atoms with E-state index in [1.807, 2.05) is 0 Å². The summed E-state index contributed by atoms with van der Waals surface area (Å²) >= 11 is 12.0. The average Bonchev–Trinajstić information content (AvgIpc) is 2.81. The van der Waals surface area contributed by atoms with Crippen LogP contribution in [-0.4, -0.2) is 20.1 Å². The molecule has 0 saturated heterocycles. The molecule has 0 unspecified atom stereocenters. The first kappa shape index (κ1) is 15.5. The molecule has 23 heavy (non-hydrogen) atoms. The molecule has 1 aliphatic heterocycles. The number of halogens is 2. The van der Waals surface area contributed by atoms with Gasteiger partial charge in [-0.15, -0.1) is 0 Å². The molecule has 0 fully saturated rings. The van der Waals surface area contributed by atoms with Gasteiger partial charge in [-0.05, 0) is 12.1 Å². The van der Waals surface area contributed by atoms with E-state index in [1.54, 1.807) is 0 Å². The molecule has 2 aromatic rings. The zero-order valence-corrected chi connectivity index (χ0v) is 13.4. The number of amides is 1. The Hall–Kier alpha value is -2.38. The van der Waals surface area contributed by atoms with Gasteiger partial charge in [0.1, 0.15) is 5.56 Å². The maximum absolute atomic E-state index is 12.4. The van der Waals surface area contributed by atoms with Crippen LogP contribution in [0.1, 0.15) is 5.56 Å². The van der Waals surface area contributed by atoms with E-state index in [-0.39, 0.29) is 31.8 Å². The maximum atomic E-state index is 12.4. The van der Waals surface area contributed by atoms with Crippen molar-refractivity contribution < 1.29 is 9.90 Å². The van der Waals surface area contributed by atoms with Gasteiger partial charge >= 0.3 is 5.69 Å². The number of aromatic hydroxyl groups is 1. The summed E-state index contributed by atoms with van der Waals surface area (Å²) in [6.07, 6.45) is 0. The lowest BCUT2D eigenvalue weighted by Gasteiger charge is -2.10. The van der Waals surface area contributed by atoms with Crippen molar-refractivity contribution >= 4 is 34.7 Å². The summed E-state index contributed by atoms with van der Waals surface area (Å²) in [7, 11) is 2.53. The predicted molar refractivity (Wildman–Crippen MR) is 83.3 cm³/mol. The number of hydrogen-bond donors (Lipinski definition) is 1. The number of hydrogen-bond acceptors (Lipinski definition) is 4.